The average molecular weight is 235 g/mol. The first-order valence-electron chi connectivity index (χ1n) is 5.03. The molecule has 1 aromatic rings. The maximum Gasteiger partial charge on any atom is 0.265 e. The highest BCUT2D eigenvalue weighted by molar-refractivity contribution is 5.97. The van der Waals surface area contributed by atoms with Gasteiger partial charge in [-0.25, -0.2) is 4.39 Å². The van der Waals surface area contributed by atoms with Crippen LogP contribution in [-0.2, 0) is 4.79 Å². The summed E-state index contributed by atoms with van der Waals surface area (Å²) in [5.74, 6) is -0.992. The Bertz CT molecular complexity index is 498. The van der Waals surface area contributed by atoms with Crippen LogP contribution < -0.4 is 15.8 Å². The molecule has 0 bridgehead atoms. The van der Waals surface area contributed by atoms with Crippen LogP contribution in [-0.4, -0.2) is 18.1 Å². The van der Waals surface area contributed by atoms with Crippen molar-refractivity contribution in [3.05, 3.63) is 24.0 Å². The van der Waals surface area contributed by atoms with Gasteiger partial charge in [-0.3, -0.25) is 4.79 Å². The molecule has 2 rings (SSSR count). The molecule has 0 radical (unpaired) electrons. The number of hydrogen-bond acceptors (Lipinski definition) is 4. The fourth-order valence-electron chi connectivity index (χ4n) is 1.57. The van der Waals surface area contributed by atoms with Crippen molar-refractivity contribution in [2.24, 2.45) is 5.73 Å². The second-order valence-electron chi connectivity index (χ2n) is 3.68. The van der Waals surface area contributed by atoms with E-state index in [1.54, 1.807) is 6.07 Å². The molecule has 1 aromatic carbocycles. The van der Waals surface area contributed by atoms with Crippen molar-refractivity contribution in [1.29, 1.82) is 5.26 Å². The van der Waals surface area contributed by atoms with Crippen LogP contribution in [0.15, 0.2) is 18.2 Å². The van der Waals surface area contributed by atoms with Crippen LogP contribution in [0, 0.1) is 17.1 Å². The molecular weight excluding hydrogens is 225 g/mol. The molecular formula is C11H10FN3O2. The van der Waals surface area contributed by atoms with Crippen molar-refractivity contribution in [2.75, 3.05) is 5.32 Å². The zero-order valence-electron chi connectivity index (χ0n) is 8.81. The Morgan fingerprint density at radius 1 is 1.65 bits per heavy atom. The van der Waals surface area contributed by atoms with E-state index < -0.39 is 23.9 Å². The predicted molar refractivity (Wildman–Crippen MR) is 57.7 cm³/mol. The maximum absolute atomic E-state index is 13.4. The topological polar surface area (TPSA) is 88.1 Å². The highest BCUT2D eigenvalue weighted by Gasteiger charge is 2.30. The number of ether oxygens (including phenoxy) is 1. The third kappa shape index (κ3) is 2.19. The highest BCUT2D eigenvalue weighted by Crippen LogP contribution is 2.32. The fraction of sp³-hybridized carbons (Fsp3) is 0.273. The first-order valence-corrected chi connectivity index (χ1v) is 5.03. The molecule has 0 aliphatic carbocycles. The van der Waals surface area contributed by atoms with E-state index in [0.29, 0.717) is 0 Å². The molecule has 1 aliphatic rings. The molecule has 5 nitrogen and oxygen atoms in total. The van der Waals surface area contributed by atoms with E-state index >= 15 is 0 Å². The summed E-state index contributed by atoms with van der Waals surface area (Å²) in [6, 6.07) is 5.22. The maximum atomic E-state index is 13.4. The summed E-state index contributed by atoms with van der Waals surface area (Å²) < 4.78 is 18.6. The van der Waals surface area contributed by atoms with Crippen molar-refractivity contribution >= 4 is 11.6 Å². The first kappa shape index (κ1) is 11.4. The normalized spacial score (nSPS) is 19.6. The van der Waals surface area contributed by atoms with Gasteiger partial charge >= 0.3 is 0 Å². The van der Waals surface area contributed by atoms with Crippen LogP contribution >= 0.6 is 0 Å². The number of rotatable bonds is 2. The van der Waals surface area contributed by atoms with Gasteiger partial charge in [0.05, 0.1) is 17.8 Å². The Morgan fingerprint density at radius 3 is 3.12 bits per heavy atom. The van der Waals surface area contributed by atoms with Gasteiger partial charge in [0.25, 0.3) is 5.91 Å². The molecule has 0 aromatic heterocycles. The van der Waals surface area contributed by atoms with E-state index in [1.807, 2.05) is 0 Å². The smallest absolute Gasteiger partial charge is 0.265 e. The molecule has 2 atom stereocenters. The molecule has 88 valence electrons. The van der Waals surface area contributed by atoms with Gasteiger partial charge in [-0.05, 0) is 12.1 Å². The van der Waals surface area contributed by atoms with Gasteiger partial charge in [-0.15, -0.1) is 0 Å². The largest absolute Gasteiger partial charge is 0.475 e. The number of hydrogen-bond donors (Lipinski definition) is 2. The Balaban J connectivity index is 2.23. The minimum Gasteiger partial charge on any atom is -0.475 e. The number of para-hydroxylation sites is 1. The molecule has 3 N–H and O–H groups in total. The summed E-state index contributed by atoms with van der Waals surface area (Å²) in [7, 11) is 0. The number of fused-ring (bicyclic) bond motifs is 1. The lowest BCUT2D eigenvalue weighted by atomic mass is 10.1. The van der Waals surface area contributed by atoms with E-state index in [1.165, 1.54) is 18.2 Å². The molecule has 0 saturated heterocycles. The molecule has 0 fully saturated rings. The number of nitrogens with one attached hydrogen (secondary N) is 1. The number of carbonyl (C=O) groups excluding carboxylic acids is 1. The second kappa shape index (κ2) is 4.39. The van der Waals surface area contributed by atoms with Gasteiger partial charge in [-0.2, -0.15) is 5.26 Å². The van der Waals surface area contributed by atoms with Crippen LogP contribution in [0.2, 0.25) is 0 Å². The van der Waals surface area contributed by atoms with Crippen LogP contribution in [0.25, 0.3) is 0 Å². The number of nitriles is 1. The Hall–Kier alpha value is -2.13. The highest BCUT2D eigenvalue weighted by atomic mass is 19.1. The molecule has 0 saturated carbocycles. The summed E-state index contributed by atoms with van der Waals surface area (Å²) in [5, 5.41) is 11.1. The predicted octanol–water partition coefficient (Wildman–Crippen LogP) is 0.766. The lowest BCUT2D eigenvalue weighted by Gasteiger charge is -2.26. The van der Waals surface area contributed by atoms with Gasteiger partial charge in [0, 0.05) is 6.42 Å². The van der Waals surface area contributed by atoms with Crippen molar-refractivity contribution in [2.45, 2.75) is 18.6 Å². The summed E-state index contributed by atoms with van der Waals surface area (Å²) in [6.07, 6.45) is -0.912. The molecule has 6 heteroatoms. The fourth-order valence-corrected chi connectivity index (χ4v) is 1.57. The SMILES string of the molecule is N#C[C@@H](N)C[C@@H]1Oc2c(F)cccc2NC1=O. The van der Waals surface area contributed by atoms with Crippen molar-refractivity contribution in [1.82, 2.24) is 0 Å². The van der Waals surface area contributed by atoms with Crippen LogP contribution in [0.3, 0.4) is 0 Å². The van der Waals surface area contributed by atoms with E-state index in [0.717, 1.165) is 0 Å². The van der Waals surface area contributed by atoms with E-state index in [2.05, 4.69) is 5.32 Å². The second-order valence-corrected chi connectivity index (χ2v) is 3.68. The van der Waals surface area contributed by atoms with E-state index in [4.69, 9.17) is 15.7 Å². The third-order valence-corrected chi connectivity index (χ3v) is 2.41. The quantitative estimate of drug-likeness (QED) is 0.792. The monoisotopic (exact) mass is 235 g/mol. The van der Waals surface area contributed by atoms with Gasteiger partial charge < -0.3 is 15.8 Å². The van der Waals surface area contributed by atoms with Gasteiger partial charge in [0.15, 0.2) is 17.7 Å². The summed E-state index contributed by atoms with van der Waals surface area (Å²) >= 11 is 0. The Kier molecular flexibility index (Phi) is 2.93. The van der Waals surface area contributed by atoms with Crippen LogP contribution in [0.1, 0.15) is 6.42 Å². The average Bonchev–Trinajstić information content (AvgIpc) is 2.31. The van der Waals surface area contributed by atoms with Gasteiger partial charge in [0.2, 0.25) is 0 Å². The zero-order chi connectivity index (χ0) is 12.4. The number of anilines is 1. The first-order chi connectivity index (χ1) is 8.11. The minimum atomic E-state index is -0.936. The lowest BCUT2D eigenvalue weighted by molar-refractivity contribution is -0.123. The van der Waals surface area contributed by atoms with Crippen LogP contribution in [0.5, 0.6) is 5.75 Å². The Morgan fingerprint density at radius 2 is 2.41 bits per heavy atom. The number of carbonyl (C=O) groups is 1. The molecule has 1 heterocycles. The number of benzene rings is 1. The van der Waals surface area contributed by atoms with E-state index in [-0.39, 0.29) is 17.9 Å². The Labute approximate surface area is 97.0 Å². The summed E-state index contributed by atoms with van der Waals surface area (Å²) in [6.45, 7) is 0. The summed E-state index contributed by atoms with van der Waals surface area (Å²) in [4.78, 5) is 11.6. The summed E-state index contributed by atoms with van der Waals surface area (Å²) in [5.41, 5.74) is 5.70. The number of nitrogens with two attached hydrogens (primary N) is 1. The molecule has 0 spiro atoms. The molecule has 17 heavy (non-hydrogen) atoms. The van der Waals surface area contributed by atoms with Gasteiger partial charge in [-0.1, -0.05) is 6.07 Å². The van der Waals surface area contributed by atoms with Crippen molar-refractivity contribution in [3.63, 3.8) is 0 Å². The molecule has 1 aliphatic heterocycles. The van der Waals surface area contributed by atoms with E-state index in [9.17, 15) is 9.18 Å². The van der Waals surface area contributed by atoms with Crippen molar-refractivity contribution < 1.29 is 13.9 Å². The van der Waals surface area contributed by atoms with Crippen LogP contribution in [0.4, 0.5) is 10.1 Å². The minimum absolute atomic E-state index is 0.0118. The third-order valence-electron chi connectivity index (χ3n) is 2.41. The number of amides is 1. The zero-order valence-corrected chi connectivity index (χ0v) is 8.81. The standard InChI is InChI=1S/C11H10FN3O2/c12-7-2-1-3-8-10(7)17-9(11(16)15-8)4-6(14)5-13/h1-3,6,9H,4,14H2,(H,15,16)/t6-,9-/m0/s1. The lowest BCUT2D eigenvalue weighted by Crippen LogP contribution is -2.41. The molecule has 0 unspecified atom stereocenters. The number of halogens is 1. The van der Waals surface area contributed by atoms with Crippen molar-refractivity contribution in [3.8, 4) is 11.8 Å². The number of nitrogens with zero attached hydrogens (tertiary/aromatic N) is 1. The molecule has 1 amide bonds. The van der Waals surface area contributed by atoms with Gasteiger partial charge in [0.1, 0.15) is 0 Å².